The number of carbonyl (C=O) groups is 1. The minimum absolute atomic E-state index is 0.0348. The first-order valence-corrected chi connectivity index (χ1v) is 12.3. The molecule has 2 aromatic heterocycles. The van der Waals surface area contributed by atoms with Crippen molar-refractivity contribution in [2.75, 3.05) is 6.54 Å². The molecule has 0 bridgehead atoms. The molecule has 0 amide bonds. The fourth-order valence-electron chi connectivity index (χ4n) is 4.90. The summed E-state index contributed by atoms with van der Waals surface area (Å²) in [6, 6.07) is 13.8. The lowest BCUT2D eigenvalue weighted by Gasteiger charge is -2.27. The van der Waals surface area contributed by atoms with E-state index in [0.29, 0.717) is 33.4 Å². The van der Waals surface area contributed by atoms with Gasteiger partial charge in [-0.2, -0.15) is 0 Å². The molecule has 1 aliphatic carbocycles. The predicted octanol–water partition coefficient (Wildman–Crippen LogP) is 3.15. The van der Waals surface area contributed by atoms with Crippen molar-refractivity contribution in [3.8, 4) is 0 Å². The number of hydrogen-bond donors (Lipinski definition) is 1. The fraction of sp³-hybridized carbons (Fsp3) is 0.280. The van der Waals surface area contributed by atoms with Crippen molar-refractivity contribution >= 4 is 39.1 Å². The first-order chi connectivity index (χ1) is 16.5. The van der Waals surface area contributed by atoms with Gasteiger partial charge in [0, 0.05) is 29.6 Å². The largest absolute Gasteiger partial charge is 0.593 e. The summed E-state index contributed by atoms with van der Waals surface area (Å²) in [5, 5.41) is 1.86. The van der Waals surface area contributed by atoms with E-state index in [2.05, 4.69) is 0 Å². The van der Waals surface area contributed by atoms with Crippen LogP contribution in [-0.4, -0.2) is 37.5 Å². The molecule has 1 saturated heterocycles. The summed E-state index contributed by atoms with van der Waals surface area (Å²) in [5.41, 5.74) is 6.85. The second-order valence-electron chi connectivity index (χ2n) is 8.89. The lowest BCUT2D eigenvalue weighted by molar-refractivity contribution is 0.0367. The maximum Gasteiger partial charge on any atom is 0.339 e. The summed E-state index contributed by atoms with van der Waals surface area (Å²) in [5.74, 6) is -0.537. The third kappa shape index (κ3) is 3.35. The van der Waals surface area contributed by atoms with Gasteiger partial charge in [0.1, 0.15) is 5.58 Å². The predicted molar refractivity (Wildman–Crippen MR) is 128 cm³/mol. The van der Waals surface area contributed by atoms with Gasteiger partial charge in [-0.25, -0.2) is 4.79 Å². The van der Waals surface area contributed by atoms with Gasteiger partial charge in [0.25, 0.3) is 5.56 Å². The average molecular weight is 478 g/mol. The van der Waals surface area contributed by atoms with E-state index < -0.39 is 17.3 Å². The molecule has 34 heavy (non-hydrogen) atoms. The SMILES string of the molecule is NC1CCN([S+]([O-])c2cccc3c(=O)n(COC(=O)c4ccc5occc5c4)ccc23)C12CC2. The van der Waals surface area contributed by atoms with Crippen molar-refractivity contribution in [2.24, 2.45) is 5.73 Å². The minimum atomic E-state index is -1.41. The van der Waals surface area contributed by atoms with Crippen LogP contribution < -0.4 is 11.3 Å². The number of carbonyl (C=O) groups excluding carboxylic acids is 1. The quantitative estimate of drug-likeness (QED) is 0.347. The van der Waals surface area contributed by atoms with Gasteiger partial charge in [0.2, 0.25) is 0 Å². The number of fused-ring (bicyclic) bond motifs is 2. The molecule has 174 valence electrons. The van der Waals surface area contributed by atoms with Crippen LogP contribution in [0.15, 0.2) is 75.1 Å². The molecule has 2 aliphatic rings. The Bertz CT molecular complexity index is 1470. The first kappa shape index (κ1) is 21.4. The summed E-state index contributed by atoms with van der Waals surface area (Å²) >= 11 is -1.41. The molecule has 1 saturated carbocycles. The Morgan fingerprint density at radius 1 is 1.21 bits per heavy atom. The van der Waals surface area contributed by atoms with Gasteiger partial charge in [-0.1, -0.05) is 6.07 Å². The molecule has 2 atom stereocenters. The van der Waals surface area contributed by atoms with Crippen molar-refractivity contribution in [2.45, 2.75) is 42.5 Å². The van der Waals surface area contributed by atoms with Crippen LogP contribution in [0.1, 0.15) is 29.6 Å². The molecule has 9 heteroatoms. The number of furan rings is 1. The van der Waals surface area contributed by atoms with E-state index in [4.69, 9.17) is 14.9 Å². The zero-order valence-electron chi connectivity index (χ0n) is 18.3. The van der Waals surface area contributed by atoms with Crippen LogP contribution in [0.2, 0.25) is 0 Å². The molecule has 2 fully saturated rings. The van der Waals surface area contributed by atoms with Crippen LogP contribution in [0.4, 0.5) is 0 Å². The zero-order valence-corrected chi connectivity index (χ0v) is 19.1. The molecule has 2 unspecified atom stereocenters. The highest BCUT2D eigenvalue weighted by Crippen LogP contribution is 2.51. The molecule has 1 spiro atoms. The average Bonchev–Trinajstić information content (AvgIpc) is 3.40. The number of nitrogens with zero attached hydrogens (tertiary/aromatic N) is 2. The minimum Gasteiger partial charge on any atom is -0.593 e. The molecule has 8 nitrogen and oxygen atoms in total. The van der Waals surface area contributed by atoms with E-state index in [1.807, 2.05) is 4.31 Å². The molecule has 6 rings (SSSR count). The molecule has 3 heterocycles. The second-order valence-corrected chi connectivity index (χ2v) is 10.3. The van der Waals surface area contributed by atoms with Crippen molar-refractivity contribution in [1.82, 2.24) is 8.87 Å². The Kier molecular flexibility index (Phi) is 5.03. The van der Waals surface area contributed by atoms with E-state index in [1.165, 1.54) is 4.57 Å². The van der Waals surface area contributed by atoms with Crippen molar-refractivity contribution in [1.29, 1.82) is 0 Å². The molecular formula is C25H23N3O5S. The Hall–Kier alpha value is -3.11. The molecule has 0 radical (unpaired) electrons. The maximum atomic E-state index is 13.5. The van der Waals surface area contributed by atoms with Crippen molar-refractivity contribution < 1.29 is 18.5 Å². The number of esters is 1. The van der Waals surface area contributed by atoms with Gasteiger partial charge in [0.15, 0.2) is 11.6 Å². The van der Waals surface area contributed by atoms with E-state index in [1.54, 1.807) is 61.0 Å². The van der Waals surface area contributed by atoms with Gasteiger partial charge in [0.05, 0.1) is 34.1 Å². The lowest BCUT2D eigenvalue weighted by Crippen LogP contribution is -2.44. The molecule has 4 aromatic rings. The highest BCUT2D eigenvalue weighted by Gasteiger charge is 2.61. The van der Waals surface area contributed by atoms with Crippen LogP contribution in [0.25, 0.3) is 21.7 Å². The Morgan fingerprint density at radius 3 is 2.88 bits per heavy atom. The molecule has 2 aromatic carbocycles. The summed E-state index contributed by atoms with van der Waals surface area (Å²) in [6.45, 7) is 0.455. The van der Waals surface area contributed by atoms with Crippen LogP contribution in [0.5, 0.6) is 0 Å². The van der Waals surface area contributed by atoms with E-state index in [9.17, 15) is 14.1 Å². The number of nitrogens with two attached hydrogens (primary N) is 1. The highest BCUT2D eigenvalue weighted by molar-refractivity contribution is 7.89. The molecule has 2 N–H and O–H groups in total. The zero-order chi connectivity index (χ0) is 23.4. The number of aromatic nitrogens is 1. The molecule has 1 aliphatic heterocycles. The number of pyridine rings is 1. The van der Waals surface area contributed by atoms with Crippen LogP contribution in [0, 0.1) is 0 Å². The lowest BCUT2D eigenvalue weighted by atomic mass is 10.1. The van der Waals surface area contributed by atoms with Gasteiger partial charge in [-0.05, 0) is 61.7 Å². The van der Waals surface area contributed by atoms with Crippen LogP contribution >= 0.6 is 0 Å². The molecular weight excluding hydrogens is 454 g/mol. The van der Waals surface area contributed by atoms with E-state index in [-0.39, 0.29) is 23.9 Å². The van der Waals surface area contributed by atoms with E-state index >= 15 is 0 Å². The number of ether oxygens (including phenoxy) is 1. The highest BCUT2D eigenvalue weighted by atomic mass is 32.2. The normalized spacial score (nSPS) is 20.2. The van der Waals surface area contributed by atoms with Crippen molar-refractivity contribution in [3.05, 3.63) is 76.9 Å². The van der Waals surface area contributed by atoms with Gasteiger partial charge in [-0.3, -0.25) is 9.36 Å². The Morgan fingerprint density at radius 2 is 2.06 bits per heavy atom. The van der Waals surface area contributed by atoms with Gasteiger partial charge in [-0.15, -0.1) is 4.31 Å². The Balaban J connectivity index is 1.25. The third-order valence-electron chi connectivity index (χ3n) is 6.98. The number of hydrogen-bond acceptors (Lipinski definition) is 7. The number of benzene rings is 2. The first-order valence-electron chi connectivity index (χ1n) is 11.2. The summed E-state index contributed by atoms with van der Waals surface area (Å²) < 4.78 is 27.5. The standard InChI is InChI=1S/C25H23N3O5S/c26-22-7-12-28(25(22)9-10-25)34(31)21-3-1-2-19-18(21)6-11-27(23(19)29)15-33-24(30)17-4-5-20-16(14-17)8-13-32-20/h1-6,8,11,13-14,22H,7,9-10,12,15,26H2. The van der Waals surface area contributed by atoms with Crippen LogP contribution in [-0.2, 0) is 22.8 Å². The van der Waals surface area contributed by atoms with E-state index in [0.717, 1.165) is 24.6 Å². The number of rotatable bonds is 5. The second kappa shape index (κ2) is 7.99. The Labute approximate surface area is 198 Å². The maximum absolute atomic E-state index is 13.5. The summed E-state index contributed by atoms with van der Waals surface area (Å²) in [4.78, 5) is 26.3. The summed E-state index contributed by atoms with van der Waals surface area (Å²) in [7, 11) is 0. The fourth-order valence-corrected chi connectivity index (χ4v) is 6.61. The van der Waals surface area contributed by atoms with Crippen molar-refractivity contribution in [3.63, 3.8) is 0 Å². The third-order valence-corrected chi connectivity index (χ3v) is 8.66. The monoisotopic (exact) mass is 477 g/mol. The summed E-state index contributed by atoms with van der Waals surface area (Å²) in [6.07, 6.45) is 5.85. The topological polar surface area (TPSA) is 114 Å². The smallest absolute Gasteiger partial charge is 0.339 e. The van der Waals surface area contributed by atoms with Gasteiger partial charge >= 0.3 is 5.97 Å². The van der Waals surface area contributed by atoms with Crippen LogP contribution in [0.3, 0.4) is 0 Å². The van der Waals surface area contributed by atoms with Gasteiger partial charge < -0.3 is 19.4 Å².